The number of aryl methyl sites for hydroxylation is 4. The molecule has 2 aromatic heterocycles. The minimum atomic E-state index is -0.272. The smallest absolute Gasteiger partial charge is 0.410 e. The molecule has 1 saturated heterocycles. The van der Waals surface area contributed by atoms with Crippen LogP contribution in [0.2, 0.25) is 0 Å². The normalized spacial score (nSPS) is 14.3. The highest BCUT2D eigenvalue weighted by Crippen LogP contribution is 2.16. The predicted molar refractivity (Wildman–Crippen MR) is 130 cm³/mol. The highest BCUT2D eigenvalue weighted by molar-refractivity contribution is 5.70. The van der Waals surface area contributed by atoms with Crippen molar-refractivity contribution in [3.8, 4) is 5.75 Å². The molecule has 0 spiro atoms. The molecular formula is C27H32N4O2. The maximum Gasteiger partial charge on any atom is 0.415 e. The summed E-state index contributed by atoms with van der Waals surface area (Å²) < 4.78 is 5.61. The summed E-state index contributed by atoms with van der Waals surface area (Å²) in [6.45, 7) is 8.09. The molecule has 1 aliphatic heterocycles. The first-order chi connectivity index (χ1) is 16.0. The van der Waals surface area contributed by atoms with Crippen molar-refractivity contribution in [2.24, 2.45) is 0 Å². The van der Waals surface area contributed by atoms with Crippen LogP contribution in [0.4, 0.5) is 4.79 Å². The van der Waals surface area contributed by atoms with E-state index in [-0.39, 0.29) is 6.09 Å². The van der Waals surface area contributed by atoms with E-state index < -0.39 is 0 Å². The Morgan fingerprint density at radius 2 is 1.67 bits per heavy atom. The summed E-state index contributed by atoms with van der Waals surface area (Å²) in [4.78, 5) is 25.8. The lowest BCUT2D eigenvalue weighted by Gasteiger charge is -2.33. The van der Waals surface area contributed by atoms with Crippen molar-refractivity contribution in [2.45, 2.75) is 33.1 Å². The number of amides is 1. The van der Waals surface area contributed by atoms with Crippen LogP contribution in [0.1, 0.15) is 28.2 Å². The van der Waals surface area contributed by atoms with Gasteiger partial charge in [-0.1, -0.05) is 24.3 Å². The van der Waals surface area contributed by atoms with E-state index in [0.29, 0.717) is 18.8 Å². The zero-order valence-electron chi connectivity index (χ0n) is 19.5. The number of rotatable bonds is 7. The number of ether oxygens (including phenoxy) is 1. The molecule has 1 aliphatic rings. The number of benzene rings is 1. The van der Waals surface area contributed by atoms with Gasteiger partial charge in [0.15, 0.2) is 0 Å². The number of pyridine rings is 2. The summed E-state index contributed by atoms with van der Waals surface area (Å²) in [7, 11) is 0. The third-order valence-corrected chi connectivity index (χ3v) is 6.03. The fraction of sp³-hybridized carbons (Fsp3) is 0.370. The van der Waals surface area contributed by atoms with Crippen LogP contribution in [-0.4, -0.2) is 58.6 Å². The second-order valence-electron chi connectivity index (χ2n) is 8.69. The monoisotopic (exact) mass is 444 g/mol. The van der Waals surface area contributed by atoms with Gasteiger partial charge in [-0.25, -0.2) is 4.79 Å². The minimum absolute atomic E-state index is 0.272. The van der Waals surface area contributed by atoms with Gasteiger partial charge in [-0.05, 0) is 68.1 Å². The van der Waals surface area contributed by atoms with Gasteiger partial charge < -0.3 is 9.64 Å². The van der Waals surface area contributed by atoms with Gasteiger partial charge in [-0.2, -0.15) is 0 Å². The van der Waals surface area contributed by atoms with E-state index in [2.05, 4.69) is 39.1 Å². The zero-order valence-corrected chi connectivity index (χ0v) is 19.5. The first-order valence-corrected chi connectivity index (χ1v) is 11.7. The van der Waals surface area contributed by atoms with Gasteiger partial charge in [0, 0.05) is 62.4 Å². The Labute approximate surface area is 196 Å². The van der Waals surface area contributed by atoms with E-state index >= 15 is 0 Å². The van der Waals surface area contributed by atoms with Crippen LogP contribution in [-0.2, 0) is 19.3 Å². The molecule has 4 rings (SSSR count). The molecule has 0 saturated carbocycles. The quantitative estimate of drug-likeness (QED) is 0.546. The fourth-order valence-corrected chi connectivity index (χ4v) is 3.97. The van der Waals surface area contributed by atoms with Crippen molar-refractivity contribution < 1.29 is 9.53 Å². The molecular weight excluding hydrogens is 412 g/mol. The lowest BCUT2D eigenvalue weighted by molar-refractivity contribution is 0.111. The SMILES string of the molecule is Cc1ccc(CCc2ccc(OC(=O)N3CCN(CCc4cccc(C)n4)CC3)cc2)nc1. The van der Waals surface area contributed by atoms with Crippen molar-refractivity contribution in [1.82, 2.24) is 19.8 Å². The van der Waals surface area contributed by atoms with Gasteiger partial charge in [0.05, 0.1) is 0 Å². The molecule has 3 aromatic rings. The second-order valence-corrected chi connectivity index (χ2v) is 8.69. The molecule has 1 aromatic carbocycles. The van der Waals surface area contributed by atoms with Crippen LogP contribution in [0.25, 0.3) is 0 Å². The molecule has 33 heavy (non-hydrogen) atoms. The Kier molecular flexibility index (Phi) is 7.68. The molecule has 6 nitrogen and oxygen atoms in total. The van der Waals surface area contributed by atoms with Crippen LogP contribution in [0.15, 0.2) is 60.8 Å². The Balaban J connectivity index is 1.19. The second kappa shape index (κ2) is 11.1. The average molecular weight is 445 g/mol. The van der Waals surface area contributed by atoms with Gasteiger partial charge >= 0.3 is 6.09 Å². The predicted octanol–water partition coefficient (Wildman–Crippen LogP) is 4.24. The molecule has 1 fully saturated rings. The first-order valence-electron chi connectivity index (χ1n) is 11.7. The number of carbonyl (C=O) groups is 1. The van der Waals surface area contributed by atoms with E-state index in [4.69, 9.17) is 4.74 Å². The molecule has 0 radical (unpaired) electrons. The standard InChI is InChI=1S/C27H32N4O2/c1-21-6-10-24(28-20-21)11-7-23-8-12-26(13-9-23)33-27(32)31-18-16-30(17-19-31)15-14-25-5-3-4-22(2)29-25/h3-6,8-10,12-13,20H,7,11,14-19H2,1-2H3. The van der Waals surface area contributed by atoms with E-state index in [9.17, 15) is 4.79 Å². The third-order valence-electron chi connectivity index (χ3n) is 6.03. The van der Waals surface area contributed by atoms with E-state index in [1.807, 2.05) is 50.4 Å². The van der Waals surface area contributed by atoms with Crippen molar-refractivity contribution in [2.75, 3.05) is 32.7 Å². The first kappa shape index (κ1) is 22.9. The van der Waals surface area contributed by atoms with E-state index in [0.717, 1.165) is 56.0 Å². The Bertz CT molecular complexity index is 1040. The molecule has 1 amide bonds. The van der Waals surface area contributed by atoms with Crippen molar-refractivity contribution in [3.05, 3.63) is 89.0 Å². The summed E-state index contributed by atoms with van der Waals surface area (Å²) in [6.07, 6.45) is 4.36. The Morgan fingerprint density at radius 1 is 0.879 bits per heavy atom. The van der Waals surface area contributed by atoms with Crippen molar-refractivity contribution in [1.29, 1.82) is 0 Å². The number of nitrogens with zero attached hydrogens (tertiary/aromatic N) is 4. The Hall–Kier alpha value is -3.25. The Morgan fingerprint density at radius 3 is 2.36 bits per heavy atom. The van der Waals surface area contributed by atoms with Crippen molar-refractivity contribution >= 4 is 6.09 Å². The number of hydrogen-bond acceptors (Lipinski definition) is 5. The average Bonchev–Trinajstić information content (AvgIpc) is 2.84. The van der Waals surface area contributed by atoms with Crippen LogP contribution < -0.4 is 4.74 Å². The zero-order chi connectivity index (χ0) is 23.0. The van der Waals surface area contributed by atoms with Gasteiger partial charge in [0.25, 0.3) is 0 Å². The van der Waals surface area contributed by atoms with Gasteiger partial charge in [0.2, 0.25) is 0 Å². The number of aromatic nitrogens is 2. The molecule has 0 bridgehead atoms. The maximum atomic E-state index is 12.6. The summed E-state index contributed by atoms with van der Waals surface area (Å²) in [5.74, 6) is 0.588. The van der Waals surface area contributed by atoms with Crippen LogP contribution in [0.3, 0.4) is 0 Å². The van der Waals surface area contributed by atoms with Crippen LogP contribution in [0, 0.1) is 13.8 Å². The minimum Gasteiger partial charge on any atom is -0.410 e. The van der Waals surface area contributed by atoms with Gasteiger partial charge in [-0.15, -0.1) is 0 Å². The largest absolute Gasteiger partial charge is 0.415 e. The molecule has 0 unspecified atom stereocenters. The molecule has 172 valence electrons. The third kappa shape index (κ3) is 6.86. The summed E-state index contributed by atoms with van der Waals surface area (Å²) in [5, 5.41) is 0. The van der Waals surface area contributed by atoms with E-state index in [1.165, 1.54) is 11.1 Å². The number of hydrogen-bond donors (Lipinski definition) is 0. The highest BCUT2D eigenvalue weighted by atomic mass is 16.6. The fourth-order valence-electron chi connectivity index (χ4n) is 3.97. The van der Waals surface area contributed by atoms with Crippen LogP contribution in [0.5, 0.6) is 5.75 Å². The maximum absolute atomic E-state index is 12.6. The van der Waals surface area contributed by atoms with Gasteiger partial charge in [0.1, 0.15) is 5.75 Å². The molecule has 0 atom stereocenters. The number of piperazine rings is 1. The summed E-state index contributed by atoms with van der Waals surface area (Å²) in [5.41, 5.74) is 5.64. The summed E-state index contributed by atoms with van der Waals surface area (Å²) >= 11 is 0. The molecule has 0 N–H and O–H groups in total. The van der Waals surface area contributed by atoms with Gasteiger partial charge in [-0.3, -0.25) is 14.9 Å². The summed E-state index contributed by atoms with van der Waals surface area (Å²) in [6, 6.07) is 18.1. The topological polar surface area (TPSA) is 58.6 Å². The molecule has 0 aliphatic carbocycles. The molecule has 3 heterocycles. The highest BCUT2D eigenvalue weighted by Gasteiger charge is 2.22. The lowest BCUT2D eigenvalue weighted by atomic mass is 10.1. The lowest BCUT2D eigenvalue weighted by Crippen LogP contribution is -2.49. The van der Waals surface area contributed by atoms with E-state index in [1.54, 1.807) is 4.90 Å². The molecule has 6 heteroatoms. The number of carbonyl (C=O) groups excluding carboxylic acids is 1. The van der Waals surface area contributed by atoms with Crippen LogP contribution >= 0.6 is 0 Å². The van der Waals surface area contributed by atoms with Crippen molar-refractivity contribution in [3.63, 3.8) is 0 Å².